The molecule has 0 atom stereocenters. The number of rotatable bonds is 2. The Bertz CT molecular complexity index is 951. The van der Waals surface area contributed by atoms with Crippen molar-refractivity contribution in [2.75, 3.05) is 0 Å². The van der Waals surface area contributed by atoms with Crippen molar-refractivity contribution >= 4 is 64.5 Å². The van der Waals surface area contributed by atoms with E-state index in [1.165, 1.54) is 0 Å². The van der Waals surface area contributed by atoms with Gasteiger partial charge in [0.15, 0.2) is 0 Å². The van der Waals surface area contributed by atoms with Crippen LogP contribution in [0.4, 0.5) is 0 Å². The van der Waals surface area contributed by atoms with Crippen LogP contribution in [-0.2, 0) is 0 Å². The van der Waals surface area contributed by atoms with E-state index in [4.69, 9.17) is 0 Å². The molecule has 0 heterocycles. The van der Waals surface area contributed by atoms with E-state index in [9.17, 15) is 15.0 Å². The molecule has 0 amide bonds. The van der Waals surface area contributed by atoms with Gasteiger partial charge >= 0.3 is 5.97 Å². The van der Waals surface area contributed by atoms with Crippen LogP contribution in [0.5, 0.6) is 5.75 Å². The Hall–Kier alpha value is -1.37. The first-order valence-electron chi connectivity index (χ1n) is 6.53. The van der Waals surface area contributed by atoms with Gasteiger partial charge in [-0.1, -0.05) is 40.2 Å². The average molecular weight is 501 g/mol. The molecule has 116 valence electrons. The van der Waals surface area contributed by atoms with E-state index < -0.39 is 5.97 Å². The molecule has 0 saturated heterocycles. The quantitative estimate of drug-likeness (QED) is 0.440. The molecule has 0 bridgehead atoms. The number of carboxylic acids is 1. The third-order valence-electron chi connectivity index (χ3n) is 3.56. The molecule has 2 N–H and O–H groups in total. The molecule has 0 fully saturated rings. The molecule has 3 aromatic carbocycles. The predicted molar refractivity (Wildman–Crippen MR) is 101 cm³/mol. The lowest BCUT2D eigenvalue weighted by Gasteiger charge is -2.14. The standard InChI is InChI=1S/C17H9Br3O3/c18-12-6-5-9-11(7-13(19)16(21)15(9)20)14(12)8-3-1-2-4-10(8)17(22)23/h1-7,21H,(H,22,23). The minimum atomic E-state index is -0.985. The molecule has 3 aromatic rings. The molecule has 3 nitrogen and oxygen atoms in total. The Morgan fingerprint density at radius 2 is 1.61 bits per heavy atom. The zero-order valence-corrected chi connectivity index (χ0v) is 16.2. The fourth-order valence-electron chi connectivity index (χ4n) is 2.52. The second-order valence-electron chi connectivity index (χ2n) is 4.89. The van der Waals surface area contributed by atoms with Gasteiger partial charge in [-0.15, -0.1) is 0 Å². The molecule has 0 aliphatic rings. The van der Waals surface area contributed by atoms with Crippen LogP contribution in [0.1, 0.15) is 10.4 Å². The van der Waals surface area contributed by atoms with Gasteiger partial charge in [0.1, 0.15) is 5.75 Å². The topological polar surface area (TPSA) is 57.5 Å². The summed E-state index contributed by atoms with van der Waals surface area (Å²) in [7, 11) is 0. The van der Waals surface area contributed by atoms with Crippen LogP contribution in [0.15, 0.2) is 55.9 Å². The summed E-state index contributed by atoms with van der Waals surface area (Å²) in [5.74, 6) is -0.876. The van der Waals surface area contributed by atoms with Crippen LogP contribution >= 0.6 is 47.8 Å². The largest absolute Gasteiger partial charge is 0.506 e. The first-order chi connectivity index (χ1) is 10.9. The molecule has 23 heavy (non-hydrogen) atoms. The van der Waals surface area contributed by atoms with E-state index in [-0.39, 0.29) is 11.3 Å². The van der Waals surface area contributed by atoms with Crippen LogP contribution in [0.3, 0.4) is 0 Å². The molecule has 0 saturated carbocycles. The van der Waals surface area contributed by atoms with Crippen molar-refractivity contribution in [2.24, 2.45) is 0 Å². The van der Waals surface area contributed by atoms with Gasteiger partial charge in [0.05, 0.1) is 14.5 Å². The predicted octanol–water partition coefficient (Wildman–Crippen LogP) is 6.20. The zero-order chi connectivity index (χ0) is 16.7. The molecule has 0 aliphatic heterocycles. The summed E-state index contributed by atoms with van der Waals surface area (Å²) in [5, 5.41) is 21.2. The number of fused-ring (bicyclic) bond motifs is 1. The van der Waals surface area contributed by atoms with Crippen LogP contribution in [0.2, 0.25) is 0 Å². The van der Waals surface area contributed by atoms with Crippen LogP contribution in [0.25, 0.3) is 21.9 Å². The van der Waals surface area contributed by atoms with Gasteiger partial charge in [-0.3, -0.25) is 0 Å². The molecule has 0 radical (unpaired) electrons. The minimum Gasteiger partial charge on any atom is -0.506 e. The molecule has 3 rings (SSSR count). The lowest BCUT2D eigenvalue weighted by molar-refractivity contribution is 0.0697. The lowest BCUT2D eigenvalue weighted by atomic mass is 9.94. The van der Waals surface area contributed by atoms with E-state index in [0.717, 1.165) is 20.8 Å². The molecule has 0 aromatic heterocycles. The van der Waals surface area contributed by atoms with Crippen molar-refractivity contribution in [2.45, 2.75) is 0 Å². The molecule has 0 spiro atoms. The van der Waals surface area contributed by atoms with E-state index in [0.29, 0.717) is 14.5 Å². The summed E-state index contributed by atoms with van der Waals surface area (Å²) in [5.41, 5.74) is 1.60. The number of benzene rings is 3. The fourth-order valence-corrected chi connectivity index (χ4v) is 4.33. The number of hydrogen-bond acceptors (Lipinski definition) is 2. The average Bonchev–Trinajstić information content (AvgIpc) is 2.52. The third kappa shape index (κ3) is 2.79. The van der Waals surface area contributed by atoms with Gasteiger partial charge in [0, 0.05) is 15.4 Å². The van der Waals surface area contributed by atoms with Gasteiger partial charge in [-0.05, 0) is 61.0 Å². The highest BCUT2D eigenvalue weighted by molar-refractivity contribution is 9.11. The van der Waals surface area contributed by atoms with Crippen molar-refractivity contribution in [3.8, 4) is 16.9 Å². The number of carbonyl (C=O) groups is 1. The van der Waals surface area contributed by atoms with Crippen molar-refractivity contribution < 1.29 is 15.0 Å². The first kappa shape index (κ1) is 16.5. The Balaban J connectivity index is 2.48. The Labute approximate surface area is 157 Å². The van der Waals surface area contributed by atoms with Crippen molar-refractivity contribution in [1.29, 1.82) is 0 Å². The highest BCUT2D eigenvalue weighted by Gasteiger charge is 2.18. The number of hydrogen-bond donors (Lipinski definition) is 2. The lowest BCUT2D eigenvalue weighted by Crippen LogP contribution is -2.00. The zero-order valence-electron chi connectivity index (χ0n) is 11.5. The molecule has 6 heteroatoms. The van der Waals surface area contributed by atoms with Gasteiger partial charge in [-0.2, -0.15) is 0 Å². The number of carboxylic acid groups (broad SMARTS) is 1. The van der Waals surface area contributed by atoms with Crippen LogP contribution in [-0.4, -0.2) is 16.2 Å². The number of phenolic OH excluding ortho intramolecular Hbond substituents is 1. The Kier molecular flexibility index (Phi) is 4.49. The van der Waals surface area contributed by atoms with Gasteiger partial charge in [-0.25, -0.2) is 4.79 Å². The first-order valence-corrected chi connectivity index (χ1v) is 8.91. The minimum absolute atomic E-state index is 0.109. The SMILES string of the molecule is O=C(O)c1ccccc1-c1c(Br)ccc2c(Br)c(O)c(Br)cc12. The number of halogens is 3. The third-order valence-corrected chi connectivity index (χ3v) is 5.63. The van der Waals surface area contributed by atoms with Crippen molar-refractivity contribution in [3.05, 3.63) is 61.4 Å². The summed E-state index contributed by atoms with van der Waals surface area (Å²) in [6.45, 7) is 0. The van der Waals surface area contributed by atoms with Crippen molar-refractivity contribution in [1.82, 2.24) is 0 Å². The summed E-state index contributed by atoms with van der Waals surface area (Å²) in [6, 6.07) is 12.3. The smallest absolute Gasteiger partial charge is 0.336 e. The normalized spacial score (nSPS) is 10.9. The second kappa shape index (κ2) is 6.26. The van der Waals surface area contributed by atoms with Gasteiger partial charge < -0.3 is 10.2 Å². The monoisotopic (exact) mass is 498 g/mol. The Morgan fingerprint density at radius 1 is 0.913 bits per heavy atom. The fraction of sp³-hybridized carbons (Fsp3) is 0. The number of aromatic carboxylic acids is 1. The van der Waals surface area contributed by atoms with E-state index in [2.05, 4.69) is 47.8 Å². The molecule has 0 unspecified atom stereocenters. The van der Waals surface area contributed by atoms with E-state index in [1.807, 2.05) is 12.1 Å². The maximum atomic E-state index is 11.6. The summed E-state index contributed by atoms with van der Waals surface area (Å²) in [6.07, 6.45) is 0. The van der Waals surface area contributed by atoms with Crippen LogP contribution < -0.4 is 0 Å². The number of aromatic hydroxyl groups is 1. The Morgan fingerprint density at radius 3 is 2.30 bits per heavy atom. The maximum Gasteiger partial charge on any atom is 0.336 e. The molecular formula is C17H9Br3O3. The summed E-state index contributed by atoms with van der Waals surface area (Å²) >= 11 is 10.3. The van der Waals surface area contributed by atoms with Gasteiger partial charge in [0.25, 0.3) is 0 Å². The molecular weight excluding hydrogens is 492 g/mol. The maximum absolute atomic E-state index is 11.6. The second-order valence-corrected chi connectivity index (χ2v) is 7.39. The van der Waals surface area contributed by atoms with Gasteiger partial charge in [0.2, 0.25) is 0 Å². The summed E-state index contributed by atoms with van der Waals surface area (Å²) < 4.78 is 1.87. The number of phenols is 1. The van der Waals surface area contributed by atoms with E-state index in [1.54, 1.807) is 30.3 Å². The van der Waals surface area contributed by atoms with E-state index >= 15 is 0 Å². The van der Waals surface area contributed by atoms with Crippen molar-refractivity contribution in [3.63, 3.8) is 0 Å². The highest BCUT2D eigenvalue weighted by Crippen LogP contribution is 2.44. The summed E-state index contributed by atoms with van der Waals surface area (Å²) in [4.78, 5) is 11.6. The van der Waals surface area contributed by atoms with Crippen LogP contribution in [0, 0.1) is 0 Å². The molecule has 0 aliphatic carbocycles. The highest BCUT2D eigenvalue weighted by atomic mass is 79.9.